The molecule has 0 atom stereocenters. The molecule has 12 heavy (non-hydrogen) atoms. The summed E-state index contributed by atoms with van der Waals surface area (Å²) >= 11 is 3.52. The van der Waals surface area contributed by atoms with Crippen molar-refractivity contribution in [1.82, 2.24) is 5.32 Å². The zero-order valence-corrected chi connectivity index (χ0v) is 9.11. The van der Waals surface area contributed by atoms with Crippen molar-refractivity contribution in [3.63, 3.8) is 0 Å². The summed E-state index contributed by atoms with van der Waals surface area (Å²) in [6.45, 7) is 3.14. The number of aryl methyl sites for hydroxylation is 1. The van der Waals surface area contributed by atoms with Gasteiger partial charge in [-0.05, 0) is 44.1 Å². The normalized spacial score (nSPS) is 10.2. The summed E-state index contributed by atoms with van der Waals surface area (Å²) in [6, 6.07) is 6.51. The minimum Gasteiger partial charge on any atom is -0.319 e. The van der Waals surface area contributed by atoms with Gasteiger partial charge in [0.1, 0.15) is 0 Å². The molecule has 0 fully saturated rings. The van der Waals surface area contributed by atoms with Crippen molar-refractivity contribution in [2.24, 2.45) is 0 Å². The predicted molar refractivity (Wildman–Crippen MR) is 56.5 cm³/mol. The van der Waals surface area contributed by atoms with Crippen LogP contribution in [0.3, 0.4) is 0 Å². The third kappa shape index (κ3) is 2.61. The molecule has 0 saturated carbocycles. The lowest BCUT2D eigenvalue weighted by molar-refractivity contribution is 0.791. The molecular weight excluding hydrogens is 214 g/mol. The molecule has 1 nitrogen and oxygen atoms in total. The average molecular weight is 228 g/mol. The SMILES string of the molecule is CNCCc1ccc(C)c(Br)c1. The van der Waals surface area contributed by atoms with Gasteiger partial charge in [-0.15, -0.1) is 0 Å². The summed E-state index contributed by atoms with van der Waals surface area (Å²) in [6.07, 6.45) is 1.09. The Morgan fingerprint density at radius 3 is 2.75 bits per heavy atom. The maximum atomic E-state index is 3.52. The van der Waals surface area contributed by atoms with Gasteiger partial charge in [0.15, 0.2) is 0 Å². The van der Waals surface area contributed by atoms with Gasteiger partial charge >= 0.3 is 0 Å². The van der Waals surface area contributed by atoms with Gasteiger partial charge in [0.25, 0.3) is 0 Å². The fourth-order valence-corrected chi connectivity index (χ4v) is 1.49. The predicted octanol–water partition coefficient (Wildman–Crippen LogP) is 2.52. The quantitative estimate of drug-likeness (QED) is 0.838. The van der Waals surface area contributed by atoms with E-state index in [9.17, 15) is 0 Å². The topological polar surface area (TPSA) is 12.0 Å². The highest BCUT2D eigenvalue weighted by Gasteiger charge is 1.96. The molecule has 1 rings (SSSR count). The van der Waals surface area contributed by atoms with E-state index in [1.165, 1.54) is 15.6 Å². The van der Waals surface area contributed by atoms with Crippen LogP contribution in [0.1, 0.15) is 11.1 Å². The molecule has 1 N–H and O–H groups in total. The Bertz CT molecular complexity index is 258. The number of nitrogens with one attached hydrogen (secondary N) is 1. The lowest BCUT2D eigenvalue weighted by atomic mass is 10.1. The highest BCUT2D eigenvalue weighted by Crippen LogP contribution is 2.17. The Hall–Kier alpha value is -0.340. The molecule has 2 heteroatoms. The Morgan fingerprint density at radius 2 is 2.17 bits per heavy atom. The average Bonchev–Trinajstić information content (AvgIpc) is 2.07. The van der Waals surface area contributed by atoms with E-state index in [4.69, 9.17) is 0 Å². The number of hydrogen-bond acceptors (Lipinski definition) is 1. The van der Waals surface area contributed by atoms with Gasteiger partial charge in [0, 0.05) is 4.47 Å². The van der Waals surface area contributed by atoms with E-state index < -0.39 is 0 Å². The molecule has 0 radical (unpaired) electrons. The lowest BCUT2D eigenvalue weighted by Crippen LogP contribution is -2.10. The van der Waals surface area contributed by atoms with Crippen molar-refractivity contribution in [3.8, 4) is 0 Å². The molecule has 0 aliphatic heterocycles. The maximum absolute atomic E-state index is 3.52. The summed E-state index contributed by atoms with van der Waals surface area (Å²) < 4.78 is 1.20. The lowest BCUT2D eigenvalue weighted by Gasteiger charge is -2.03. The van der Waals surface area contributed by atoms with E-state index in [0.29, 0.717) is 0 Å². The van der Waals surface area contributed by atoms with Crippen molar-refractivity contribution < 1.29 is 0 Å². The summed E-state index contributed by atoms with van der Waals surface area (Å²) in [4.78, 5) is 0. The van der Waals surface area contributed by atoms with Crippen molar-refractivity contribution >= 4 is 15.9 Å². The van der Waals surface area contributed by atoms with Crippen molar-refractivity contribution in [2.45, 2.75) is 13.3 Å². The summed E-state index contributed by atoms with van der Waals surface area (Å²) in [5.41, 5.74) is 2.67. The van der Waals surface area contributed by atoms with Crippen LogP contribution >= 0.6 is 15.9 Å². The fraction of sp³-hybridized carbons (Fsp3) is 0.400. The minimum atomic E-state index is 1.04. The second kappa shape index (κ2) is 4.63. The van der Waals surface area contributed by atoms with Crippen LogP contribution in [0.4, 0.5) is 0 Å². The van der Waals surface area contributed by atoms with Crippen LogP contribution in [-0.2, 0) is 6.42 Å². The molecule has 0 aliphatic rings. The molecule has 0 bridgehead atoms. The van der Waals surface area contributed by atoms with Crippen LogP contribution < -0.4 is 5.32 Å². The van der Waals surface area contributed by atoms with E-state index in [2.05, 4.69) is 46.4 Å². The molecule has 1 aromatic rings. The first-order chi connectivity index (χ1) is 5.74. The van der Waals surface area contributed by atoms with Gasteiger partial charge in [-0.25, -0.2) is 0 Å². The first-order valence-electron chi connectivity index (χ1n) is 4.13. The molecule has 0 saturated heterocycles. The second-order valence-corrected chi connectivity index (χ2v) is 3.79. The van der Waals surface area contributed by atoms with Crippen molar-refractivity contribution in [3.05, 3.63) is 33.8 Å². The van der Waals surface area contributed by atoms with E-state index in [1.807, 2.05) is 7.05 Å². The van der Waals surface area contributed by atoms with Crippen LogP contribution in [0.2, 0.25) is 0 Å². The van der Waals surface area contributed by atoms with E-state index >= 15 is 0 Å². The van der Waals surface area contributed by atoms with Gasteiger partial charge in [0.2, 0.25) is 0 Å². The first kappa shape index (κ1) is 9.75. The Balaban J connectivity index is 2.69. The van der Waals surface area contributed by atoms with Crippen LogP contribution in [0.25, 0.3) is 0 Å². The second-order valence-electron chi connectivity index (χ2n) is 2.94. The Kier molecular flexibility index (Phi) is 3.76. The highest BCUT2D eigenvalue weighted by atomic mass is 79.9. The molecule has 0 amide bonds. The van der Waals surface area contributed by atoms with Crippen molar-refractivity contribution in [2.75, 3.05) is 13.6 Å². The van der Waals surface area contributed by atoms with Gasteiger partial charge in [-0.1, -0.05) is 28.1 Å². The summed E-state index contributed by atoms with van der Waals surface area (Å²) in [5, 5.41) is 3.13. The minimum absolute atomic E-state index is 1.04. The number of hydrogen-bond donors (Lipinski definition) is 1. The fourth-order valence-electron chi connectivity index (χ4n) is 1.06. The molecule has 1 aromatic carbocycles. The van der Waals surface area contributed by atoms with E-state index in [0.717, 1.165) is 13.0 Å². The number of rotatable bonds is 3. The van der Waals surface area contributed by atoms with Crippen LogP contribution in [0, 0.1) is 6.92 Å². The summed E-state index contributed by atoms with van der Waals surface area (Å²) in [5.74, 6) is 0. The third-order valence-electron chi connectivity index (χ3n) is 1.90. The van der Waals surface area contributed by atoms with Gasteiger partial charge < -0.3 is 5.32 Å². The molecule has 0 spiro atoms. The molecule has 0 heterocycles. The molecule has 0 unspecified atom stereocenters. The Labute approximate surface area is 82.3 Å². The van der Waals surface area contributed by atoms with Crippen LogP contribution in [0.5, 0.6) is 0 Å². The smallest absolute Gasteiger partial charge is 0.0207 e. The monoisotopic (exact) mass is 227 g/mol. The van der Waals surface area contributed by atoms with Gasteiger partial charge in [-0.2, -0.15) is 0 Å². The molecule has 0 aromatic heterocycles. The van der Waals surface area contributed by atoms with Crippen LogP contribution in [0.15, 0.2) is 22.7 Å². The zero-order valence-electron chi connectivity index (χ0n) is 7.52. The Morgan fingerprint density at radius 1 is 1.42 bits per heavy atom. The van der Waals surface area contributed by atoms with Gasteiger partial charge in [0.05, 0.1) is 0 Å². The van der Waals surface area contributed by atoms with Crippen molar-refractivity contribution in [1.29, 1.82) is 0 Å². The summed E-state index contributed by atoms with van der Waals surface area (Å²) in [7, 11) is 1.98. The van der Waals surface area contributed by atoms with Gasteiger partial charge in [-0.3, -0.25) is 0 Å². The number of halogens is 1. The molecule has 66 valence electrons. The van der Waals surface area contributed by atoms with E-state index in [-0.39, 0.29) is 0 Å². The number of benzene rings is 1. The maximum Gasteiger partial charge on any atom is 0.0207 e. The standard InChI is InChI=1S/C10H14BrN/c1-8-3-4-9(5-6-12-2)7-10(8)11/h3-4,7,12H,5-6H2,1-2H3. The van der Waals surface area contributed by atoms with Crippen LogP contribution in [-0.4, -0.2) is 13.6 Å². The largest absolute Gasteiger partial charge is 0.319 e. The first-order valence-corrected chi connectivity index (χ1v) is 4.93. The number of likely N-dealkylation sites (N-methyl/N-ethyl adjacent to an activating group) is 1. The van der Waals surface area contributed by atoms with E-state index in [1.54, 1.807) is 0 Å². The zero-order chi connectivity index (χ0) is 8.97. The highest BCUT2D eigenvalue weighted by molar-refractivity contribution is 9.10. The third-order valence-corrected chi connectivity index (χ3v) is 2.75. The molecule has 0 aliphatic carbocycles. The molecular formula is C10H14BrN.